The van der Waals surface area contributed by atoms with Crippen molar-refractivity contribution in [3.05, 3.63) is 70.0 Å². The van der Waals surface area contributed by atoms with Crippen LogP contribution in [-0.2, 0) is 10.3 Å². The smallest absolute Gasteiger partial charge is 0.239 e. The molecule has 0 fully saturated rings. The fourth-order valence-corrected chi connectivity index (χ4v) is 4.75. The number of aliphatic imine (C=N–C) groups is 1. The van der Waals surface area contributed by atoms with E-state index >= 15 is 0 Å². The Bertz CT molecular complexity index is 1190. The van der Waals surface area contributed by atoms with E-state index in [0.717, 1.165) is 21.6 Å². The molecule has 1 aliphatic rings. The highest BCUT2D eigenvalue weighted by atomic mass is 32.1. The second-order valence-electron chi connectivity index (χ2n) is 7.36. The molecule has 7 nitrogen and oxygen atoms in total. The summed E-state index contributed by atoms with van der Waals surface area (Å²) in [5.74, 6) is -0.197. The summed E-state index contributed by atoms with van der Waals surface area (Å²) in [4.78, 5) is 24.4. The van der Waals surface area contributed by atoms with Gasteiger partial charge >= 0.3 is 0 Å². The van der Waals surface area contributed by atoms with Crippen LogP contribution in [0.3, 0.4) is 0 Å². The van der Waals surface area contributed by atoms with Gasteiger partial charge in [-0.2, -0.15) is 5.26 Å². The maximum Gasteiger partial charge on any atom is 0.239 e. The van der Waals surface area contributed by atoms with Gasteiger partial charge in [0.2, 0.25) is 5.91 Å². The van der Waals surface area contributed by atoms with Gasteiger partial charge in [-0.05, 0) is 53.3 Å². The van der Waals surface area contributed by atoms with Gasteiger partial charge in [-0.3, -0.25) is 9.69 Å². The molecule has 150 valence electrons. The molecule has 0 saturated carbocycles. The van der Waals surface area contributed by atoms with Crippen LogP contribution in [0.1, 0.15) is 28.8 Å². The van der Waals surface area contributed by atoms with Crippen LogP contribution < -0.4 is 11.5 Å². The molecule has 1 aromatic carbocycles. The lowest BCUT2D eigenvalue weighted by Crippen LogP contribution is -2.52. The molecular formula is C22H20N6OS. The maximum absolute atomic E-state index is 13.2. The van der Waals surface area contributed by atoms with Crippen LogP contribution in [0.5, 0.6) is 0 Å². The van der Waals surface area contributed by atoms with Crippen molar-refractivity contribution >= 4 is 29.0 Å². The number of nitriles is 1. The van der Waals surface area contributed by atoms with Gasteiger partial charge in [0.05, 0.1) is 17.6 Å². The van der Waals surface area contributed by atoms with Gasteiger partial charge in [0.15, 0.2) is 5.96 Å². The lowest BCUT2D eigenvalue weighted by molar-refractivity contribution is -0.130. The maximum atomic E-state index is 13.2. The predicted octanol–water partition coefficient (Wildman–Crippen LogP) is 3.05. The molecule has 0 spiro atoms. The third-order valence-electron chi connectivity index (χ3n) is 5.40. The van der Waals surface area contributed by atoms with Crippen LogP contribution in [0.15, 0.2) is 59.0 Å². The van der Waals surface area contributed by atoms with Gasteiger partial charge in [-0.25, -0.2) is 9.98 Å². The molecule has 1 amide bonds. The molecule has 1 aliphatic heterocycles. The minimum absolute atomic E-state index is 0.155. The first-order valence-electron chi connectivity index (χ1n) is 9.27. The van der Waals surface area contributed by atoms with E-state index in [1.165, 1.54) is 16.2 Å². The summed E-state index contributed by atoms with van der Waals surface area (Å²) >= 11 is 1.51. The SMILES string of the molecule is CN1C(=O)[C@H](c2ccc(N)nc2)[C@@](C)(c2cc(-c3cccc(C#N)c3)cs2)N=C1N. The quantitative estimate of drug-likeness (QED) is 0.680. The number of guanidine groups is 1. The Labute approximate surface area is 178 Å². The normalized spacial score (nSPS) is 21.2. The van der Waals surface area contributed by atoms with Crippen LogP contribution in [0, 0.1) is 11.3 Å². The average Bonchev–Trinajstić information content (AvgIpc) is 3.25. The number of carbonyl (C=O) groups is 1. The van der Waals surface area contributed by atoms with E-state index in [1.807, 2.05) is 36.6 Å². The first-order chi connectivity index (χ1) is 14.3. The molecule has 0 bridgehead atoms. The average molecular weight is 417 g/mol. The number of hydrogen-bond donors (Lipinski definition) is 2. The topological polar surface area (TPSA) is 121 Å². The number of amides is 1. The first kappa shape index (κ1) is 19.6. The Morgan fingerprint density at radius 1 is 1.20 bits per heavy atom. The lowest BCUT2D eigenvalue weighted by atomic mass is 9.78. The van der Waals surface area contributed by atoms with Crippen LogP contribution in [-0.4, -0.2) is 28.8 Å². The number of anilines is 1. The number of nitrogens with zero attached hydrogens (tertiary/aromatic N) is 4. The molecule has 0 unspecified atom stereocenters. The number of likely N-dealkylation sites (N-methyl/N-ethyl adjacent to an activating group) is 1. The summed E-state index contributed by atoms with van der Waals surface area (Å²) < 4.78 is 0. The van der Waals surface area contributed by atoms with Crippen molar-refractivity contribution in [1.82, 2.24) is 9.88 Å². The second kappa shape index (κ2) is 7.28. The van der Waals surface area contributed by atoms with Gasteiger partial charge in [-0.1, -0.05) is 18.2 Å². The summed E-state index contributed by atoms with van der Waals surface area (Å²) in [6.45, 7) is 1.91. The summed E-state index contributed by atoms with van der Waals surface area (Å²) in [6, 6.07) is 15.1. The molecular weight excluding hydrogens is 396 g/mol. The second-order valence-corrected chi connectivity index (χ2v) is 8.27. The van der Waals surface area contributed by atoms with Gasteiger partial charge < -0.3 is 11.5 Å². The van der Waals surface area contributed by atoms with Crippen molar-refractivity contribution in [1.29, 1.82) is 5.26 Å². The molecule has 30 heavy (non-hydrogen) atoms. The van der Waals surface area contributed by atoms with E-state index in [-0.39, 0.29) is 11.9 Å². The van der Waals surface area contributed by atoms with Crippen LogP contribution in [0.25, 0.3) is 11.1 Å². The zero-order valence-corrected chi connectivity index (χ0v) is 17.4. The van der Waals surface area contributed by atoms with Crippen molar-refractivity contribution in [2.45, 2.75) is 18.4 Å². The predicted molar refractivity (Wildman–Crippen MR) is 118 cm³/mol. The Balaban J connectivity index is 1.83. The Morgan fingerprint density at radius 3 is 2.70 bits per heavy atom. The Kier molecular flexibility index (Phi) is 4.76. The van der Waals surface area contributed by atoms with Crippen LogP contribution >= 0.6 is 11.3 Å². The molecule has 4 N–H and O–H groups in total. The zero-order chi connectivity index (χ0) is 21.5. The Hall–Kier alpha value is -3.70. The highest BCUT2D eigenvalue weighted by molar-refractivity contribution is 7.10. The molecule has 0 aliphatic carbocycles. The first-order valence-corrected chi connectivity index (χ1v) is 10.2. The number of pyridine rings is 1. The molecule has 2 aromatic heterocycles. The summed E-state index contributed by atoms with van der Waals surface area (Å²) in [7, 11) is 1.62. The monoisotopic (exact) mass is 416 g/mol. The van der Waals surface area contributed by atoms with Crippen LogP contribution in [0.4, 0.5) is 5.82 Å². The van der Waals surface area contributed by atoms with Crippen LogP contribution in [0.2, 0.25) is 0 Å². The molecule has 3 aromatic rings. The minimum atomic E-state index is -0.902. The number of carbonyl (C=O) groups excluding carboxylic acids is 1. The lowest BCUT2D eigenvalue weighted by Gasteiger charge is -2.39. The molecule has 3 heterocycles. The molecule has 0 radical (unpaired) electrons. The number of thiophene rings is 1. The minimum Gasteiger partial charge on any atom is -0.384 e. The van der Waals surface area contributed by atoms with Crippen molar-refractivity contribution in [3.63, 3.8) is 0 Å². The van der Waals surface area contributed by atoms with Gasteiger partial charge in [0, 0.05) is 18.1 Å². The largest absolute Gasteiger partial charge is 0.384 e. The number of nitrogens with two attached hydrogens (primary N) is 2. The fraction of sp³-hybridized carbons (Fsp3) is 0.182. The van der Waals surface area contributed by atoms with Gasteiger partial charge in [-0.15, -0.1) is 11.3 Å². The number of benzene rings is 1. The highest BCUT2D eigenvalue weighted by Crippen LogP contribution is 2.46. The van der Waals surface area contributed by atoms with E-state index < -0.39 is 11.5 Å². The molecule has 2 atom stereocenters. The van der Waals surface area contributed by atoms with E-state index in [1.54, 1.807) is 31.4 Å². The third kappa shape index (κ3) is 3.19. The molecule has 8 heteroatoms. The van der Waals surface area contributed by atoms with E-state index in [9.17, 15) is 10.1 Å². The van der Waals surface area contributed by atoms with Gasteiger partial charge in [0.25, 0.3) is 0 Å². The van der Waals surface area contributed by atoms with Crippen molar-refractivity contribution < 1.29 is 4.79 Å². The van der Waals surface area contributed by atoms with Crippen molar-refractivity contribution in [2.24, 2.45) is 10.7 Å². The standard InChI is InChI=1S/C22H20N6OS/c1-22(17-9-16(12-30-17)14-5-3-4-13(8-14)10-23)19(15-6-7-18(24)26-11-15)20(29)28(2)21(25)27-22/h3-9,11-12,19H,1-2H3,(H2,24,26)(H2,25,27)/t19-,22+/m0/s1. The van der Waals surface area contributed by atoms with Gasteiger partial charge in [0.1, 0.15) is 11.4 Å². The van der Waals surface area contributed by atoms with E-state index in [0.29, 0.717) is 11.4 Å². The van der Waals surface area contributed by atoms with Crippen molar-refractivity contribution in [3.8, 4) is 17.2 Å². The summed E-state index contributed by atoms with van der Waals surface area (Å²) in [6.07, 6.45) is 1.62. The number of aromatic nitrogens is 1. The van der Waals surface area contributed by atoms with E-state index in [2.05, 4.69) is 11.1 Å². The van der Waals surface area contributed by atoms with E-state index in [4.69, 9.17) is 16.5 Å². The van der Waals surface area contributed by atoms with Crippen molar-refractivity contribution in [2.75, 3.05) is 12.8 Å². The summed E-state index contributed by atoms with van der Waals surface area (Å²) in [5, 5.41) is 11.2. The zero-order valence-electron chi connectivity index (χ0n) is 16.5. The molecule has 0 saturated heterocycles. The number of hydrogen-bond acceptors (Lipinski definition) is 7. The number of rotatable bonds is 3. The summed E-state index contributed by atoms with van der Waals surface area (Å²) in [5.41, 5.74) is 14.1. The highest BCUT2D eigenvalue weighted by Gasteiger charge is 2.48. The fourth-order valence-electron chi connectivity index (χ4n) is 3.70. The number of nitrogen functional groups attached to an aromatic ring is 1. The third-order valence-corrected chi connectivity index (χ3v) is 6.55. The molecule has 4 rings (SSSR count). The Morgan fingerprint density at radius 2 is 2.00 bits per heavy atom.